The smallest absolute Gasteiger partial charge is 0.548 e. The summed E-state index contributed by atoms with van der Waals surface area (Å²) < 4.78 is 1.85. The molecule has 18 heavy (non-hydrogen) atoms. The van der Waals surface area contributed by atoms with Crippen molar-refractivity contribution in [3.8, 4) is 0 Å². The summed E-state index contributed by atoms with van der Waals surface area (Å²) in [5.41, 5.74) is -0.689. The van der Waals surface area contributed by atoms with E-state index in [1.54, 1.807) is 0 Å². The largest absolute Gasteiger partial charge is 1.00 e. The number of fused-ring (bicyclic) bond motifs is 1. The van der Waals surface area contributed by atoms with Gasteiger partial charge in [-0.2, -0.15) is 0 Å². The van der Waals surface area contributed by atoms with E-state index < -0.39 is 11.5 Å². The predicted octanol–water partition coefficient (Wildman–Crippen LogP) is -4.15. The Balaban J connectivity index is 0.00000120. The van der Waals surface area contributed by atoms with E-state index in [1.807, 2.05) is 4.57 Å². The molecule has 2 aliphatic rings. The van der Waals surface area contributed by atoms with Gasteiger partial charge >= 0.3 is 51.4 Å². The van der Waals surface area contributed by atoms with Gasteiger partial charge in [-0.1, -0.05) is 0 Å². The topological polar surface area (TPSA) is 87.1 Å². The Morgan fingerprint density at radius 2 is 2.17 bits per heavy atom. The Bertz CT molecular complexity index is 508. The molecule has 0 bridgehead atoms. The molecule has 1 aromatic rings. The van der Waals surface area contributed by atoms with E-state index in [2.05, 4.69) is 10.3 Å². The average Bonchev–Trinajstić information content (AvgIpc) is 2.73. The molecule has 1 amide bonds. The summed E-state index contributed by atoms with van der Waals surface area (Å²) in [7, 11) is 0. The third kappa shape index (κ3) is 2.29. The van der Waals surface area contributed by atoms with Crippen LogP contribution in [0.15, 0.2) is 6.20 Å². The first-order valence-corrected chi connectivity index (χ1v) is 5.71. The number of nitrogens with zero attached hydrogens (tertiary/aromatic N) is 2. The summed E-state index contributed by atoms with van der Waals surface area (Å²) in [5.74, 6) is -0.673. The van der Waals surface area contributed by atoms with Crippen molar-refractivity contribution in [2.75, 3.05) is 0 Å². The van der Waals surface area contributed by atoms with Gasteiger partial charge in [-0.05, 0) is 19.3 Å². The van der Waals surface area contributed by atoms with Crippen LogP contribution in [0.3, 0.4) is 0 Å². The number of carbonyl (C=O) groups excluding carboxylic acids is 2. The van der Waals surface area contributed by atoms with E-state index in [0.29, 0.717) is 18.5 Å². The zero-order valence-corrected chi connectivity index (χ0v) is 13.4. The molecule has 1 aliphatic carbocycles. The van der Waals surface area contributed by atoms with Crippen LogP contribution < -0.4 is 61.8 Å². The number of aryl methyl sites for hydroxylation is 1. The number of aliphatic carboxylic acids is 1. The van der Waals surface area contributed by atoms with Crippen LogP contribution in [0.1, 0.15) is 35.6 Å². The fraction of sp³-hybridized carbons (Fsp3) is 0.545. The van der Waals surface area contributed by atoms with Gasteiger partial charge in [0.15, 0.2) is 0 Å². The minimum absolute atomic E-state index is 0. The maximum absolute atomic E-state index is 12.0. The van der Waals surface area contributed by atoms with Crippen LogP contribution >= 0.6 is 0 Å². The van der Waals surface area contributed by atoms with E-state index in [-0.39, 0.29) is 57.3 Å². The molecule has 3 rings (SSSR count). The van der Waals surface area contributed by atoms with Crippen LogP contribution in [0.4, 0.5) is 0 Å². The molecule has 0 saturated heterocycles. The normalized spacial score (nSPS) is 18.7. The number of imidazole rings is 1. The second-order valence-electron chi connectivity index (χ2n) is 4.64. The van der Waals surface area contributed by atoms with Gasteiger partial charge < -0.3 is 19.8 Å². The average molecular weight is 273 g/mol. The van der Waals surface area contributed by atoms with Gasteiger partial charge in [0.1, 0.15) is 11.5 Å². The van der Waals surface area contributed by atoms with E-state index in [9.17, 15) is 14.7 Å². The molecule has 0 unspecified atom stereocenters. The van der Waals surface area contributed by atoms with Crippen molar-refractivity contribution in [1.29, 1.82) is 0 Å². The van der Waals surface area contributed by atoms with E-state index in [1.165, 1.54) is 6.20 Å². The number of carbonyl (C=O) groups is 2. The summed E-state index contributed by atoms with van der Waals surface area (Å²) in [6, 6.07) is 0. The van der Waals surface area contributed by atoms with Gasteiger partial charge in [0.05, 0.1) is 17.7 Å². The third-order valence-electron chi connectivity index (χ3n) is 3.45. The number of carboxylic acid groups (broad SMARTS) is 1. The molecule has 1 N–H and O–H groups in total. The first-order valence-electron chi connectivity index (χ1n) is 5.71. The van der Waals surface area contributed by atoms with Crippen molar-refractivity contribution in [2.45, 2.75) is 37.8 Å². The molecule has 0 spiro atoms. The fourth-order valence-electron chi connectivity index (χ4n) is 2.23. The second-order valence-corrected chi connectivity index (χ2v) is 4.64. The fourth-order valence-corrected chi connectivity index (χ4v) is 2.23. The molecule has 1 fully saturated rings. The van der Waals surface area contributed by atoms with Gasteiger partial charge in [-0.3, -0.25) is 4.79 Å². The zero-order chi connectivity index (χ0) is 12.0. The van der Waals surface area contributed by atoms with Crippen molar-refractivity contribution in [3.63, 3.8) is 0 Å². The van der Waals surface area contributed by atoms with Crippen molar-refractivity contribution in [2.24, 2.45) is 0 Å². The maximum atomic E-state index is 12.0. The molecule has 1 aliphatic heterocycles. The Labute approximate surface area is 147 Å². The Kier molecular flexibility index (Phi) is 3.98. The van der Waals surface area contributed by atoms with Gasteiger partial charge in [0.2, 0.25) is 0 Å². The van der Waals surface area contributed by atoms with Crippen molar-refractivity contribution in [3.05, 3.63) is 17.7 Å². The Morgan fingerprint density at radius 1 is 1.44 bits per heavy atom. The Morgan fingerprint density at radius 3 is 2.78 bits per heavy atom. The monoisotopic (exact) mass is 273 g/mol. The molecule has 0 aromatic carbocycles. The number of aromatic nitrogens is 2. The molecule has 7 heteroatoms. The number of hydrogen-bond donors (Lipinski definition) is 1. The number of amides is 1. The summed E-state index contributed by atoms with van der Waals surface area (Å²) in [5, 5.41) is 13.4. The van der Waals surface area contributed by atoms with Crippen LogP contribution in [-0.4, -0.2) is 27.0 Å². The maximum Gasteiger partial charge on any atom is 1.00 e. The third-order valence-corrected chi connectivity index (χ3v) is 3.45. The molecule has 1 saturated carbocycles. The van der Waals surface area contributed by atoms with Crippen molar-refractivity contribution in [1.82, 2.24) is 14.9 Å². The van der Waals surface area contributed by atoms with Gasteiger partial charge in [0.25, 0.3) is 5.91 Å². The summed E-state index contributed by atoms with van der Waals surface area (Å²) in [4.78, 5) is 27.0. The van der Waals surface area contributed by atoms with Crippen LogP contribution in [-0.2, 0) is 17.8 Å². The molecule has 90 valence electrons. The first kappa shape index (κ1) is 14.2. The molecule has 1 aromatic heterocycles. The van der Waals surface area contributed by atoms with Crippen LogP contribution in [0.2, 0.25) is 0 Å². The predicted molar refractivity (Wildman–Crippen MR) is 55.0 cm³/mol. The number of rotatable bonds is 3. The minimum Gasteiger partial charge on any atom is -0.548 e. The summed E-state index contributed by atoms with van der Waals surface area (Å²) in [6.07, 6.45) is 4.26. The van der Waals surface area contributed by atoms with Gasteiger partial charge in [0, 0.05) is 13.0 Å². The minimum atomic E-state index is -1.20. The quantitative estimate of drug-likeness (QED) is 0.566. The molecule has 6 nitrogen and oxygen atoms in total. The van der Waals surface area contributed by atoms with E-state index in [0.717, 1.165) is 25.2 Å². The van der Waals surface area contributed by atoms with Crippen molar-refractivity contribution < 1.29 is 66.1 Å². The molecule has 0 atom stereocenters. The number of hydrogen-bond acceptors (Lipinski definition) is 4. The molecular weight excluding hydrogens is 261 g/mol. The van der Waals surface area contributed by atoms with E-state index in [4.69, 9.17) is 0 Å². The number of carboxylic acids is 1. The van der Waals surface area contributed by atoms with Crippen LogP contribution in [0, 0.1) is 0 Å². The van der Waals surface area contributed by atoms with Crippen molar-refractivity contribution >= 4 is 11.9 Å². The van der Waals surface area contributed by atoms with E-state index >= 15 is 0 Å². The summed E-state index contributed by atoms with van der Waals surface area (Å²) in [6.45, 7) is 0.774. The SMILES string of the molecule is O=C(NC1(C(=O)[O-])CC1)c1cnc2n1CCC2.[K+]. The summed E-state index contributed by atoms with van der Waals surface area (Å²) >= 11 is 0. The molecule has 2 heterocycles. The number of nitrogens with one attached hydrogen (secondary N) is 1. The first-order chi connectivity index (χ1) is 8.12. The van der Waals surface area contributed by atoms with Crippen LogP contribution in [0.25, 0.3) is 0 Å². The molecule has 0 radical (unpaired) electrons. The van der Waals surface area contributed by atoms with Crippen LogP contribution in [0.5, 0.6) is 0 Å². The zero-order valence-electron chi connectivity index (χ0n) is 10.2. The standard InChI is InChI=1S/C11H13N3O3.K/c15-9(13-11(3-4-11)10(16)17)7-6-12-8-2-1-5-14(7)8;/h6H,1-5H2,(H,13,15)(H,16,17);/q;+1/p-1. The van der Waals surface area contributed by atoms with Gasteiger partial charge in [-0.25, -0.2) is 4.98 Å². The second kappa shape index (κ2) is 5.05. The van der Waals surface area contributed by atoms with Gasteiger partial charge in [-0.15, -0.1) is 0 Å². The molecular formula is C11H12KN3O3. The Hall–Kier alpha value is -0.214.